The van der Waals surface area contributed by atoms with Crippen LogP contribution in [-0.2, 0) is 70.6 Å². The first kappa shape index (κ1) is 130. The van der Waals surface area contributed by atoms with Crippen LogP contribution in [0.25, 0.3) is 22.4 Å². The minimum atomic E-state index is -5.11. The molecule has 0 atom stereocenters. The van der Waals surface area contributed by atoms with Crippen molar-refractivity contribution in [1.29, 1.82) is 0 Å². The number of carboxylic acids is 2. The summed E-state index contributed by atoms with van der Waals surface area (Å²) in [5.74, 6) is -8.97. The minimum absolute atomic E-state index is 0.00868. The van der Waals surface area contributed by atoms with Crippen molar-refractivity contribution < 1.29 is 131 Å². The lowest BCUT2D eigenvalue weighted by molar-refractivity contribution is -0.191. The number of nitrogen functional groups attached to an aromatic ring is 4. The fraction of sp³-hybridized carbons (Fsp3) is 0.275. The molecule has 8 aromatic carbocycles. The van der Waals surface area contributed by atoms with E-state index in [1.165, 1.54) is 105 Å². The number of ketones is 2. The van der Waals surface area contributed by atoms with Gasteiger partial charge in [-0.2, -0.15) is 59.1 Å². The molecule has 0 spiro atoms. The molecule has 0 saturated heterocycles. The molecular formula is C91H91Br3Cl8F9N15O20. The van der Waals surface area contributed by atoms with Crippen molar-refractivity contribution in [2.75, 3.05) is 81.4 Å². The molecule has 0 radical (unpaired) electrons. The predicted octanol–water partition coefficient (Wildman–Crippen LogP) is 23.0. The smallest absolute Gasteiger partial charge is 0.471 e. The second-order valence-corrected chi connectivity index (χ2v) is 34.9. The Bertz CT molecular complexity index is 6660. The highest BCUT2D eigenvalue weighted by Gasteiger charge is 2.42. The molecule has 6 amide bonds. The van der Waals surface area contributed by atoms with Gasteiger partial charge in [-0.1, -0.05) is 192 Å². The maximum Gasteiger partial charge on any atom is 0.471 e. The summed E-state index contributed by atoms with van der Waals surface area (Å²) in [5, 5.41) is 34.4. The van der Waals surface area contributed by atoms with E-state index in [9.17, 15) is 92.3 Å². The Labute approximate surface area is 891 Å². The van der Waals surface area contributed by atoms with Crippen LogP contribution in [0.15, 0.2) is 130 Å². The molecule has 35 nitrogen and oxygen atoms in total. The lowest BCUT2D eigenvalue weighted by Gasteiger charge is -2.19. The number of carbonyl (C=O) groups is 10. The third-order valence-electron chi connectivity index (χ3n) is 18.7. The number of hydrogen-bond donors (Lipinski definition) is 10. The maximum atomic E-state index is 12.4. The molecule has 11 aromatic rings. The number of aromatic nitrogens is 5. The number of fused-ring (bicyclic) bond motifs is 1. The van der Waals surface area contributed by atoms with Crippen LogP contribution in [0.2, 0.25) is 40.2 Å². The Morgan fingerprint density at radius 3 is 1.14 bits per heavy atom. The van der Waals surface area contributed by atoms with Gasteiger partial charge in [0.25, 0.3) is 29.2 Å². The summed E-state index contributed by atoms with van der Waals surface area (Å²) in [6.45, 7) is 17.8. The van der Waals surface area contributed by atoms with Crippen molar-refractivity contribution in [2.24, 2.45) is 0 Å². The number of amides is 6. The molecule has 11 rings (SSSR count). The van der Waals surface area contributed by atoms with Crippen molar-refractivity contribution in [3.05, 3.63) is 251 Å². The van der Waals surface area contributed by atoms with Gasteiger partial charge in [0, 0.05) is 57.5 Å². The summed E-state index contributed by atoms with van der Waals surface area (Å²) in [6, 6.07) is 26.2. The molecule has 0 saturated carbocycles. The third kappa shape index (κ3) is 39.6. The fourth-order valence-corrected chi connectivity index (χ4v) is 14.9. The lowest BCUT2D eigenvalue weighted by atomic mass is 10.0. The predicted molar refractivity (Wildman–Crippen MR) is 544 cm³/mol. The number of nitrogens with two attached hydrogens (primary N) is 4. The number of carboxylic acid groups (broad SMARTS) is 2. The van der Waals surface area contributed by atoms with Crippen molar-refractivity contribution in [2.45, 2.75) is 126 Å². The summed E-state index contributed by atoms with van der Waals surface area (Å²) in [5.41, 5.74) is 27.2. The zero-order valence-electron chi connectivity index (χ0n) is 79.3. The van der Waals surface area contributed by atoms with Crippen LogP contribution >= 0.6 is 141 Å². The quantitative estimate of drug-likeness (QED) is 0.0147. The van der Waals surface area contributed by atoms with E-state index in [-0.39, 0.29) is 105 Å². The number of anilines is 7. The third-order valence-corrected chi connectivity index (χ3v) is 22.5. The van der Waals surface area contributed by atoms with E-state index in [1.54, 1.807) is 72.3 Å². The Morgan fingerprint density at radius 1 is 0.445 bits per heavy atom. The molecule has 55 heteroatoms. The van der Waals surface area contributed by atoms with Crippen LogP contribution in [0, 0.1) is 20.8 Å². The van der Waals surface area contributed by atoms with Gasteiger partial charge in [0.2, 0.25) is 5.89 Å². The number of carbonyl (C=O) groups excluding carboxylic acids is 10. The molecule has 0 bridgehead atoms. The normalized spacial score (nSPS) is 10.5. The number of benzene rings is 8. The van der Waals surface area contributed by atoms with Crippen LogP contribution < -0.4 is 44.4 Å². The number of aromatic carboxylic acids is 2. The van der Waals surface area contributed by atoms with E-state index in [0.29, 0.717) is 86.2 Å². The number of nitrogens with one attached hydrogen (secondary N) is 4. The monoisotopic (exact) mass is 2400 g/mol. The van der Waals surface area contributed by atoms with Gasteiger partial charge in [0.15, 0.2) is 23.2 Å². The second kappa shape index (κ2) is 60.3. The van der Waals surface area contributed by atoms with Gasteiger partial charge in [-0.15, -0.1) is 0 Å². The number of H-pyrrole nitrogens is 1. The fourth-order valence-electron chi connectivity index (χ4n) is 11.1. The highest BCUT2D eigenvalue weighted by Crippen LogP contribution is 2.38. The highest BCUT2D eigenvalue weighted by molar-refractivity contribution is 9.11. The summed E-state index contributed by atoms with van der Waals surface area (Å²) in [6.07, 6.45) is -10.3. The summed E-state index contributed by atoms with van der Waals surface area (Å²) in [7, 11) is 7.85. The summed E-state index contributed by atoms with van der Waals surface area (Å²) in [4.78, 5) is 166. The van der Waals surface area contributed by atoms with E-state index in [0.717, 1.165) is 74.7 Å². The molecule has 0 fully saturated rings. The van der Waals surface area contributed by atoms with Gasteiger partial charge in [0.1, 0.15) is 5.56 Å². The van der Waals surface area contributed by atoms with Gasteiger partial charge in [-0.3, -0.25) is 57.7 Å². The number of alkyl halides is 9. The molecule has 0 aliphatic rings. The van der Waals surface area contributed by atoms with Crippen LogP contribution in [0.3, 0.4) is 0 Å². The first-order valence-electron chi connectivity index (χ1n) is 41.1. The molecule has 146 heavy (non-hydrogen) atoms. The number of pyridine rings is 1. The van der Waals surface area contributed by atoms with E-state index in [4.69, 9.17) is 154 Å². The number of aromatic amines is 1. The molecule has 0 aliphatic carbocycles. The zero-order valence-corrected chi connectivity index (χ0v) is 90.1. The average Bonchev–Trinajstić information content (AvgIpc) is 1.55. The zero-order chi connectivity index (χ0) is 112. The molecular weight excluding hydrogens is 2320 g/mol. The Hall–Kier alpha value is -12.1. The number of nitrogens with zero attached hydrogens (tertiary/aromatic N) is 7. The van der Waals surface area contributed by atoms with Gasteiger partial charge in [-0.25, -0.2) is 24.8 Å². The average molecular weight is 2410 g/mol. The van der Waals surface area contributed by atoms with Crippen LogP contribution in [0.5, 0.6) is 0 Å². The van der Waals surface area contributed by atoms with Crippen molar-refractivity contribution in [3.8, 4) is 11.5 Å². The number of hydrogen-bond acceptors (Lipinski definition) is 26. The maximum absolute atomic E-state index is 12.4. The SMILES string of the molecule is CCCc1nc(C)no1.CCc1cc(Cl)c(N)c(C(C)=O)c1.CCc1cc(Cl)c(NC(=O)C(F)(F)F)c(C(=O)N(C)OC)c1.CCc1cc(Cl)c(NC(=O)C(F)(F)F)c(C(C)=O)c1.CCc1cc(Cl)c2[nH]c(=O)c(-c3nc(C)no3)c(C)c2c1.CON(C)C(=O)c1cc(Br)cc(Cl)c1N.CON(C)C(=O)c1cc(Br)cc(Cl)c1NC(=O)C(F)(F)F.Nc1c(Cl)cc(Br)cc1C(=O)O.Nc1c(Cl)cccc1C(=O)O.O=C=O. The van der Waals surface area contributed by atoms with Gasteiger partial charge < -0.3 is 63.1 Å². The van der Waals surface area contributed by atoms with Gasteiger partial charge in [0.05, 0.1) is 135 Å². The second-order valence-electron chi connectivity index (χ2n) is 28.9. The standard InChI is InChI=1S/C15H14ClN3O2.C13H14ClF3N2O3.C12H11ClF3NO2.C11H9BrClF3N2O3.C10H12ClNO.C9H10BrClN2O2.C7H5BrClNO2.C7H6ClNO2.C6H10N2O.CO2/c1-4-9-5-10-7(2)12(15-17-8(3)19-21-15)14(20)18-13(10)11(16)6-9;1-4-7-5-8(11(20)19(2)22-3)10(9(14)6-7)18-12(21)13(15,16)17;1-3-7-4-8(6(2)18)10(9(13)5-7)17-11(19)12(14,15)16;1-18(21-2)9(19)6-3-5(12)4-7(13)8(6)17-10(20)11(14,15)16;1-3-7-4-8(6(2)13)10(12)9(11)5-7;1-13(15-2)9(14)6-3-5(10)4-7(11)8(6)12;8-3-1-4(7(11)12)6(10)5(9)2-3;8-5-3-1-2-4(6(5)9)7(10)11;1-3-4-6-7-5(2)8-9-6;2-1-3/h5-6H,4H2,1-3H3,(H,18,20);5-6H,4H2,1-3H3,(H,18,21);4-5H,3H2,1-2H3,(H,17,19);3-4H,1-2H3,(H,17,20);4-5H,3,12H2,1-2H3;3-4H,12H2,1-2H3;1-2H,10H2,(H,11,12);1-3H,9H2,(H,10,11);3-4H2,1-2H3;. The first-order chi connectivity index (χ1) is 67.8. The van der Waals surface area contributed by atoms with E-state index in [2.05, 4.69) is 91.7 Å². The Kier molecular flexibility index (Phi) is 53.7. The Balaban J connectivity index is 0.000000560. The number of aryl methyl sites for hydroxylation is 8. The lowest BCUT2D eigenvalue weighted by Crippen LogP contribution is -2.32. The minimum Gasteiger partial charge on any atom is -0.478 e. The van der Waals surface area contributed by atoms with Crippen molar-refractivity contribution >= 4 is 256 Å². The van der Waals surface area contributed by atoms with Crippen molar-refractivity contribution in [3.63, 3.8) is 0 Å². The largest absolute Gasteiger partial charge is 0.478 e. The number of hydroxylamine groups is 6. The molecule has 14 N–H and O–H groups in total. The molecule has 0 aliphatic heterocycles. The van der Waals surface area contributed by atoms with Crippen LogP contribution in [-0.4, -0.2) is 177 Å². The van der Waals surface area contributed by atoms with E-state index < -0.39 is 77.2 Å². The summed E-state index contributed by atoms with van der Waals surface area (Å²) >= 11 is 56.1. The van der Waals surface area contributed by atoms with Gasteiger partial charge in [-0.05, 0) is 192 Å². The van der Waals surface area contributed by atoms with E-state index >= 15 is 0 Å². The number of para-hydroxylation sites is 1. The Morgan fingerprint density at radius 2 is 0.767 bits per heavy atom. The van der Waals surface area contributed by atoms with Crippen LogP contribution in [0.4, 0.5) is 79.3 Å². The summed E-state index contributed by atoms with van der Waals surface area (Å²) < 4.78 is 122. The number of rotatable bonds is 20. The highest BCUT2D eigenvalue weighted by atomic mass is 79.9. The number of halogens is 20. The topological polar surface area (TPSA) is 534 Å². The number of Topliss-reactive ketones (excluding diaryl/α,β-unsaturated/α-hetero) is 2. The molecule has 3 heterocycles. The molecule has 3 aromatic heterocycles. The first-order valence-corrected chi connectivity index (χ1v) is 46.5. The van der Waals surface area contributed by atoms with Crippen molar-refractivity contribution in [1.82, 2.24) is 40.5 Å². The van der Waals surface area contributed by atoms with Gasteiger partial charge >= 0.3 is 54.3 Å². The molecule has 0 unspecified atom stereocenters. The van der Waals surface area contributed by atoms with E-state index in [1.807, 2.05) is 39.8 Å². The molecule has 790 valence electrons. The van der Waals surface area contributed by atoms with Crippen LogP contribution in [0.1, 0.15) is 173 Å².